The summed E-state index contributed by atoms with van der Waals surface area (Å²) in [4.78, 5) is 8.48. The van der Waals surface area contributed by atoms with Gasteiger partial charge in [-0.2, -0.15) is 0 Å². The lowest BCUT2D eigenvalue weighted by atomic mass is 10.1. The van der Waals surface area contributed by atoms with Crippen LogP contribution in [0.15, 0.2) is 30.5 Å². The van der Waals surface area contributed by atoms with Gasteiger partial charge >= 0.3 is 0 Å². The van der Waals surface area contributed by atoms with E-state index in [-0.39, 0.29) is 5.82 Å². The van der Waals surface area contributed by atoms with Crippen molar-refractivity contribution in [3.63, 3.8) is 0 Å². The average Bonchev–Trinajstić information content (AvgIpc) is 2.31. The van der Waals surface area contributed by atoms with Crippen molar-refractivity contribution in [3.05, 3.63) is 42.1 Å². The Morgan fingerprint density at radius 3 is 2.53 bits per heavy atom. The molecule has 1 aromatic heterocycles. The summed E-state index contributed by atoms with van der Waals surface area (Å²) in [7, 11) is 0. The van der Waals surface area contributed by atoms with Gasteiger partial charge in [-0.25, -0.2) is 14.4 Å². The van der Waals surface area contributed by atoms with Gasteiger partial charge in [-0.15, -0.1) is 0 Å². The summed E-state index contributed by atoms with van der Waals surface area (Å²) < 4.78 is 12.8. The minimum absolute atomic E-state index is 0.268. The molecule has 0 unspecified atom stereocenters. The van der Waals surface area contributed by atoms with Gasteiger partial charge in [-0.3, -0.25) is 0 Å². The number of aryl methyl sites for hydroxylation is 1. The number of benzene rings is 1. The Morgan fingerprint density at radius 1 is 1.24 bits per heavy atom. The van der Waals surface area contributed by atoms with Crippen LogP contribution in [0.5, 0.6) is 0 Å². The van der Waals surface area contributed by atoms with E-state index in [1.165, 1.54) is 12.1 Å². The van der Waals surface area contributed by atoms with Crippen molar-refractivity contribution in [1.29, 1.82) is 0 Å². The minimum atomic E-state index is -0.268. The Hall–Kier alpha value is -1.97. The average molecular weight is 231 g/mol. The lowest BCUT2D eigenvalue weighted by molar-refractivity contribution is 0.628. The summed E-state index contributed by atoms with van der Waals surface area (Å²) in [5.41, 5.74) is 7.44. The molecule has 0 aliphatic carbocycles. The third-order valence-corrected chi connectivity index (χ3v) is 2.50. The van der Waals surface area contributed by atoms with Gasteiger partial charge in [0.25, 0.3) is 0 Å². The maximum Gasteiger partial charge on any atom is 0.135 e. The van der Waals surface area contributed by atoms with Crippen LogP contribution in [0, 0.1) is 5.82 Å². The molecule has 3 nitrogen and oxygen atoms in total. The van der Waals surface area contributed by atoms with E-state index in [1.54, 1.807) is 18.3 Å². The standard InChI is InChI=1S/C13H14FN3/c1-2-3-12-16-8-11(13(15)17-12)9-4-6-10(14)7-5-9/h4-8H,2-3H2,1H3,(H2,15,16,17). The van der Waals surface area contributed by atoms with Crippen LogP contribution in [0.4, 0.5) is 10.2 Å². The Balaban J connectivity index is 2.36. The van der Waals surface area contributed by atoms with Crippen molar-refractivity contribution >= 4 is 5.82 Å². The normalized spacial score (nSPS) is 10.5. The van der Waals surface area contributed by atoms with E-state index >= 15 is 0 Å². The summed E-state index contributed by atoms with van der Waals surface area (Å²) in [6.07, 6.45) is 3.49. The fraction of sp³-hybridized carbons (Fsp3) is 0.231. The number of rotatable bonds is 3. The number of nitrogen functional groups attached to an aromatic ring is 1. The number of hydrogen-bond acceptors (Lipinski definition) is 3. The number of aromatic nitrogens is 2. The van der Waals surface area contributed by atoms with Crippen molar-refractivity contribution < 1.29 is 4.39 Å². The van der Waals surface area contributed by atoms with Crippen LogP contribution < -0.4 is 5.73 Å². The maximum atomic E-state index is 12.8. The lowest BCUT2D eigenvalue weighted by Crippen LogP contribution is -2.01. The van der Waals surface area contributed by atoms with E-state index in [0.29, 0.717) is 5.82 Å². The molecule has 0 aliphatic heterocycles. The zero-order chi connectivity index (χ0) is 12.3. The molecule has 1 aromatic carbocycles. The van der Waals surface area contributed by atoms with Gasteiger partial charge < -0.3 is 5.73 Å². The molecule has 2 rings (SSSR count). The molecule has 0 radical (unpaired) electrons. The Labute approximate surface area is 99.5 Å². The van der Waals surface area contributed by atoms with E-state index in [4.69, 9.17) is 5.73 Å². The van der Waals surface area contributed by atoms with Gasteiger partial charge in [0.05, 0.1) is 0 Å². The second kappa shape index (κ2) is 4.91. The van der Waals surface area contributed by atoms with Crippen LogP contribution in [0.3, 0.4) is 0 Å². The molecule has 4 heteroatoms. The first-order valence-corrected chi connectivity index (χ1v) is 5.58. The number of halogens is 1. The molecule has 0 amide bonds. The van der Waals surface area contributed by atoms with E-state index in [2.05, 4.69) is 16.9 Å². The van der Waals surface area contributed by atoms with E-state index in [1.807, 2.05) is 0 Å². The SMILES string of the molecule is CCCc1ncc(-c2ccc(F)cc2)c(N)n1. The fourth-order valence-corrected chi connectivity index (χ4v) is 1.63. The first-order chi connectivity index (χ1) is 8.20. The first-order valence-electron chi connectivity index (χ1n) is 5.58. The number of anilines is 1. The molecular formula is C13H14FN3. The van der Waals surface area contributed by atoms with Crippen LogP contribution in [0.1, 0.15) is 19.2 Å². The van der Waals surface area contributed by atoms with Crippen LogP contribution >= 0.6 is 0 Å². The Morgan fingerprint density at radius 2 is 1.94 bits per heavy atom. The molecule has 0 spiro atoms. The molecule has 0 bridgehead atoms. The summed E-state index contributed by atoms with van der Waals surface area (Å²) in [6.45, 7) is 2.06. The summed E-state index contributed by atoms with van der Waals surface area (Å²) in [5, 5.41) is 0. The molecule has 1 heterocycles. The summed E-state index contributed by atoms with van der Waals surface area (Å²) >= 11 is 0. The number of nitrogens with two attached hydrogens (primary N) is 1. The molecule has 17 heavy (non-hydrogen) atoms. The van der Waals surface area contributed by atoms with Gasteiger partial charge in [0.1, 0.15) is 17.5 Å². The van der Waals surface area contributed by atoms with Gasteiger partial charge in [0.2, 0.25) is 0 Å². The van der Waals surface area contributed by atoms with Crippen molar-refractivity contribution in [2.45, 2.75) is 19.8 Å². The van der Waals surface area contributed by atoms with Crippen LogP contribution in [0.25, 0.3) is 11.1 Å². The molecule has 2 aromatic rings. The van der Waals surface area contributed by atoms with Crippen molar-refractivity contribution in [2.24, 2.45) is 0 Å². The van der Waals surface area contributed by atoms with Crippen LogP contribution in [0.2, 0.25) is 0 Å². The molecule has 0 saturated heterocycles. The molecule has 0 atom stereocenters. The lowest BCUT2D eigenvalue weighted by Gasteiger charge is -2.06. The second-order valence-electron chi connectivity index (χ2n) is 3.84. The molecule has 88 valence electrons. The summed E-state index contributed by atoms with van der Waals surface area (Å²) in [5.74, 6) is 0.918. The highest BCUT2D eigenvalue weighted by Crippen LogP contribution is 2.23. The molecule has 0 saturated carbocycles. The predicted molar refractivity (Wildman–Crippen MR) is 65.8 cm³/mol. The number of nitrogens with zero attached hydrogens (tertiary/aromatic N) is 2. The monoisotopic (exact) mass is 231 g/mol. The van der Waals surface area contributed by atoms with Gasteiger partial charge in [0, 0.05) is 18.2 Å². The van der Waals surface area contributed by atoms with Gasteiger partial charge in [0.15, 0.2) is 0 Å². The highest BCUT2D eigenvalue weighted by atomic mass is 19.1. The fourth-order valence-electron chi connectivity index (χ4n) is 1.63. The zero-order valence-corrected chi connectivity index (χ0v) is 9.65. The Bertz CT molecular complexity index is 509. The minimum Gasteiger partial charge on any atom is -0.383 e. The predicted octanol–water partition coefficient (Wildman–Crippen LogP) is 2.82. The molecule has 0 aliphatic rings. The van der Waals surface area contributed by atoms with Gasteiger partial charge in [-0.05, 0) is 24.1 Å². The quantitative estimate of drug-likeness (QED) is 0.883. The van der Waals surface area contributed by atoms with E-state index < -0.39 is 0 Å². The maximum absolute atomic E-state index is 12.8. The molecule has 0 fully saturated rings. The molecular weight excluding hydrogens is 217 g/mol. The van der Waals surface area contributed by atoms with Crippen molar-refractivity contribution in [1.82, 2.24) is 9.97 Å². The van der Waals surface area contributed by atoms with Crippen molar-refractivity contribution in [3.8, 4) is 11.1 Å². The van der Waals surface area contributed by atoms with Crippen LogP contribution in [-0.2, 0) is 6.42 Å². The topological polar surface area (TPSA) is 51.8 Å². The third kappa shape index (κ3) is 2.58. The third-order valence-electron chi connectivity index (χ3n) is 2.50. The molecule has 2 N–H and O–H groups in total. The largest absolute Gasteiger partial charge is 0.383 e. The number of hydrogen-bond donors (Lipinski definition) is 1. The van der Waals surface area contributed by atoms with E-state index in [9.17, 15) is 4.39 Å². The van der Waals surface area contributed by atoms with E-state index in [0.717, 1.165) is 29.8 Å². The second-order valence-corrected chi connectivity index (χ2v) is 3.84. The van der Waals surface area contributed by atoms with Gasteiger partial charge in [-0.1, -0.05) is 19.1 Å². The zero-order valence-electron chi connectivity index (χ0n) is 9.65. The summed E-state index contributed by atoms with van der Waals surface area (Å²) in [6, 6.07) is 6.14. The first kappa shape index (κ1) is 11.5. The highest BCUT2D eigenvalue weighted by molar-refractivity contribution is 5.72. The van der Waals surface area contributed by atoms with Crippen LogP contribution in [-0.4, -0.2) is 9.97 Å². The highest BCUT2D eigenvalue weighted by Gasteiger charge is 2.06. The smallest absolute Gasteiger partial charge is 0.135 e. The Kier molecular flexibility index (Phi) is 3.32. The van der Waals surface area contributed by atoms with Crippen molar-refractivity contribution in [2.75, 3.05) is 5.73 Å².